The summed E-state index contributed by atoms with van der Waals surface area (Å²) in [6.07, 6.45) is 1.47. The molecule has 1 aromatic heterocycles. The monoisotopic (exact) mass is 293 g/mol. The number of amides is 1. The van der Waals surface area contributed by atoms with Gasteiger partial charge in [-0.3, -0.25) is 4.79 Å². The minimum absolute atomic E-state index is 0.0413. The minimum atomic E-state index is -0.516. The summed E-state index contributed by atoms with van der Waals surface area (Å²) in [6.45, 7) is 0. The molecule has 1 amide bonds. The Morgan fingerprint density at radius 2 is 2.20 bits per heavy atom. The van der Waals surface area contributed by atoms with Crippen molar-refractivity contribution in [3.8, 4) is 11.5 Å². The summed E-state index contributed by atoms with van der Waals surface area (Å²) in [5.74, 6) is 0.140. The van der Waals surface area contributed by atoms with Crippen LogP contribution >= 0.6 is 11.6 Å². The Kier molecular flexibility index (Phi) is 3.95. The molecule has 0 aliphatic heterocycles. The molecule has 0 atom stereocenters. The summed E-state index contributed by atoms with van der Waals surface area (Å²) in [4.78, 5) is 16.1. The van der Waals surface area contributed by atoms with Crippen LogP contribution in [0.4, 0.5) is 11.5 Å². The third-order valence-electron chi connectivity index (χ3n) is 2.58. The lowest BCUT2D eigenvalue weighted by Gasteiger charge is -2.09. The molecule has 0 unspecified atom stereocenters. The fourth-order valence-electron chi connectivity index (χ4n) is 1.55. The van der Waals surface area contributed by atoms with Gasteiger partial charge in [-0.1, -0.05) is 11.6 Å². The molecule has 2 rings (SSSR count). The van der Waals surface area contributed by atoms with Crippen molar-refractivity contribution < 1.29 is 14.6 Å². The van der Waals surface area contributed by atoms with Crippen LogP contribution < -0.4 is 15.8 Å². The summed E-state index contributed by atoms with van der Waals surface area (Å²) < 4.78 is 4.96. The van der Waals surface area contributed by atoms with Gasteiger partial charge in [0.2, 0.25) is 0 Å². The molecule has 6 nitrogen and oxygen atoms in total. The number of hydrogen-bond donors (Lipinski definition) is 3. The van der Waals surface area contributed by atoms with Gasteiger partial charge in [0, 0.05) is 11.1 Å². The number of pyridine rings is 1. The largest absolute Gasteiger partial charge is 0.506 e. The zero-order valence-corrected chi connectivity index (χ0v) is 11.3. The first-order valence-electron chi connectivity index (χ1n) is 5.60. The van der Waals surface area contributed by atoms with E-state index in [0.717, 1.165) is 0 Å². The Labute approximate surface area is 120 Å². The minimum Gasteiger partial charge on any atom is -0.506 e. The number of nitrogens with one attached hydrogen (secondary N) is 1. The number of carbonyl (C=O) groups excluding carboxylic acids is 1. The maximum Gasteiger partial charge on any atom is 0.259 e. The third-order valence-corrected chi connectivity index (χ3v) is 2.80. The standard InChI is InChI=1S/C13H12ClN3O3/c1-20-8-2-3-11(16-6-8)17-13(19)9-4-7(14)5-10(18)12(9)15/h2-6,18H,15H2,1H3,(H,16,17,19). The van der Waals surface area contributed by atoms with Gasteiger partial charge in [0.1, 0.15) is 17.3 Å². The predicted octanol–water partition coefficient (Wildman–Crippen LogP) is 2.28. The number of methoxy groups -OCH3 is 1. The predicted molar refractivity (Wildman–Crippen MR) is 76.3 cm³/mol. The maximum absolute atomic E-state index is 12.1. The third kappa shape index (κ3) is 2.92. The molecule has 7 heteroatoms. The summed E-state index contributed by atoms with van der Waals surface area (Å²) in [6, 6.07) is 5.87. The van der Waals surface area contributed by atoms with Crippen LogP contribution in [0.1, 0.15) is 10.4 Å². The van der Waals surface area contributed by atoms with Gasteiger partial charge in [0.05, 0.1) is 24.6 Å². The molecule has 1 heterocycles. The number of benzene rings is 1. The van der Waals surface area contributed by atoms with Gasteiger partial charge in [0.15, 0.2) is 0 Å². The highest BCUT2D eigenvalue weighted by atomic mass is 35.5. The first kappa shape index (κ1) is 14.0. The number of hydrogen-bond acceptors (Lipinski definition) is 5. The number of anilines is 2. The van der Waals surface area contributed by atoms with Crippen LogP contribution in [0.2, 0.25) is 5.02 Å². The van der Waals surface area contributed by atoms with E-state index in [9.17, 15) is 9.90 Å². The lowest BCUT2D eigenvalue weighted by molar-refractivity contribution is 0.102. The molecule has 0 aliphatic carbocycles. The number of nitrogen functional groups attached to an aromatic ring is 1. The molecule has 1 aromatic carbocycles. The normalized spacial score (nSPS) is 10.1. The summed E-state index contributed by atoms with van der Waals surface area (Å²) in [7, 11) is 1.52. The zero-order valence-electron chi connectivity index (χ0n) is 10.6. The highest BCUT2D eigenvalue weighted by Crippen LogP contribution is 2.29. The molecule has 0 aliphatic rings. The summed E-state index contributed by atoms with van der Waals surface area (Å²) >= 11 is 5.78. The second-order valence-corrected chi connectivity index (χ2v) is 4.36. The molecular formula is C13H12ClN3O3. The average molecular weight is 294 g/mol. The molecule has 2 aromatic rings. The Bertz CT molecular complexity index is 644. The molecule has 104 valence electrons. The van der Waals surface area contributed by atoms with Crippen molar-refractivity contribution in [3.05, 3.63) is 41.0 Å². The number of rotatable bonds is 3. The number of carbonyl (C=O) groups is 1. The van der Waals surface area contributed by atoms with Crippen LogP contribution in [0.25, 0.3) is 0 Å². The summed E-state index contributed by atoms with van der Waals surface area (Å²) in [5, 5.41) is 12.3. The van der Waals surface area contributed by atoms with E-state index in [1.807, 2.05) is 0 Å². The molecule has 20 heavy (non-hydrogen) atoms. The SMILES string of the molecule is COc1ccc(NC(=O)c2cc(Cl)cc(O)c2N)nc1. The Morgan fingerprint density at radius 1 is 1.45 bits per heavy atom. The quantitative estimate of drug-likeness (QED) is 0.596. The van der Waals surface area contributed by atoms with Crippen LogP contribution in [0.3, 0.4) is 0 Å². The van der Waals surface area contributed by atoms with Crippen LogP contribution in [0.5, 0.6) is 11.5 Å². The number of ether oxygens (including phenoxy) is 1. The van der Waals surface area contributed by atoms with Crippen molar-refractivity contribution in [2.45, 2.75) is 0 Å². The smallest absolute Gasteiger partial charge is 0.259 e. The van der Waals surface area contributed by atoms with Gasteiger partial charge in [-0.05, 0) is 18.2 Å². The van der Waals surface area contributed by atoms with E-state index >= 15 is 0 Å². The second-order valence-electron chi connectivity index (χ2n) is 3.92. The lowest BCUT2D eigenvalue weighted by atomic mass is 10.1. The molecule has 0 fully saturated rings. The van der Waals surface area contributed by atoms with E-state index in [1.54, 1.807) is 12.1 Å². The highest BCUT2D eigenvalue weighted by Gasteiger charge is 2.14. The van der Waals surface area contributed by atoms with Crippen molar-refractivity contribution in [1.82, 2.24) is 4.98 Å². The van der Waals surface area contributed by atoms with E-state index in [-0.39, 0.29) is 22.0 Å². The number of halogens is 1. The van der Waals surface area contributed by atoms with Crippen LogP contribution in [0, 0.1) is 0 Å². The number of aromatic nitrogens is 1. The first-order chi connectivity index (χ1) is 9.51. The van der Waals surface area contributed by atoms with Gasteiger partial charge >= 0.3 is 0 Å². The molecule has 0 radical (unpaired) electrons. The molecule has 0 saturated carbocycles. The van der Waals surface area contributed by atoms with Gasteiger partial charge < -0.3 is 20.9 Å². The van der Waals surface area contributed by atoms with E-state index in [4.69, 9.17) is 22.1 Å². The summed E-state index contributed by atoms with van der Waals surface area (Å²) in [5.41, 5.74) is 5.68. The molecule has 0 spiro atoms. The first-order valence-corrected chi connectivity index (χ1v) is 5.98. The van der Waals surface area contributed by atoms with Crippen molar-refractivity contribution in [2.24, 2.45) is 0 Å². The number of nitrogens with two attached hydrogens (primary N) is 1. The van der Waals surface area contributed by atoms with Crippen molar-refractivity contribution in [2.75, 3.05) is 18.2 Å². The van der Waals surface area contributed by atoms with E-state index < -0.39 is 5.91 Å². The van der Waals surface area contributed by atoms with E-state index in [2.05, 4.69) is 10.3 Å². The van der Waals surface area contributed by atoms with Gasteiger partial charge in [-0.2, -0.15) is 0 Å². The van der Waals surface area contributed by atoms with E-state index in [0.29, 0.717) is 11.6 Å². The number of nitrogens with zero attached hydrogens (tertiary/aromatic N) is 1. The van der Waals surface area contributed by atoms with Gasteiger partial charge in [-0.25, -0.2) is 4.98 Å². The second kappa shape index (κ2) is 5.66. The number of phenolic OH excluding ortho intramolecular Hbond substituents is 1. The molecule has 4 N–H and O–H groups in total. The average Bonchev–Trinajstić information content (AvgIpc) is 2.43. The maximum atomic E-state index is 12.1. The van der Waals surface area contributed by atoms with Crippen molar-refractivity contribution >= 4 is 29.0 Å². The molecule has 0 bridgehead atoms. The molecule has 0 saturated heterocycles. The van der Waals surface area contributed by atoms with Gasteiger partial charge in [-0.15, -0.1) is 0 Å². The fourth-order valence-corrected chi connectivity index (χ4v) is 1.76. The Morgan fingerprint density at radius 3 is 2.80 bits per heavy atom. The highest BCUT2D eigenvalue weighted by molar-refractivity contribution is 6.31. The lowest BCUT2D eigenvalue weighted by Crippen LogP contribution is -2.15. The molecular weight excluding hydrogens is 282 g/mol. The topological polar surface area (TPSA) is 97.5 Å². The van der Waals surface area contributed by atoms with Crippen LogP contribution in [0.15, 0.2) is 30.5 Å². The van der Waals surface area contributed by atoms with E-state index in [1.165, 1.54) is 25.4 Å². The van der Waals surface area contributed by atoms with Gasteiger partial charge in [0.25, 0.3) is 5.91 Å². The van der Waals surface area contributed by atoms with Crippen molar-refractivity contribution in [1.29, 1.82) is 0 Å². The van der Waals surface area contributed by atoms with Crippen LogP contribution in [-0.4, -0.2) is 23.1 Å². The number of aromatic hydroxyl groups is 1. The Balaban J connectivity index is 2.23. The fraction of sp³-hybridized carbons (Fsp3) is 0.0769. The van der Waals surface area contributed by atoms with Crippen molar-refractivity contribution in [3.63, 3.8) is 0 Å². The Hall–Kier alpha value is -2.47. The van der Waals surface area contributed by atoms with Crippen LogP contribution in [-0.2, 0) is 0 Å². The number of phenols is 1. The zero-order chi connectivity index (χ0) is 14.7.